The summed E-state index contributed by atoms with van der Waals surface area (Å²) in [6.45, 7) is 3.86. The number of anilines is 1. The maximum absolute atomic E-state index is 11.2. The van der Waals surface area contributed by atoms with Gasteiger partial charge in [-0.15, -0.1) is 0 Å². The van der Waals surface area contributed by atoms with Crippen molar-refractivity contribution < 1.29 is 27.4 Å². The lowest BCUT2D eigenvalue weighted by Crippen LogP contribution is -2.34. The molecule has 10 heteroatoms. The monoisotopic (exact) mass is 556 g/mol. The summed E-state index contributed by atoms with van der Waals surface area (Å²) in [7, 11) is -4.01. The Morgan fingerprint density at radius 1 is 1.11 bits per heavy atom. The molecule has 0 fully saturated rings. The second-order valence-electron chi connectivity index (χ2n) is 9.42. The van der Waals surface area contributed by atoms with E-state index in [2.05, 4.69) is 51.2 Å². The van der Waals surface area contributed by atoms with Gasteiger partial charge in [-0.1, -0.05) is 36.0 Å². The number of nitrogens with one attached hydrogen (secondary N) is 1. The number of fused-ring (bicyclic) bond motifs is 2. The zero-order valence-corrected chi connectivity index (χ0v) is 23.0. The highest BCUT2D eigenvalue weighted by Crippen LogP contribution is 2.46. The van der Waals surface area contributed by atoms with Gasteiger partial charge in [-0.3, -0.25) is 9.35 Å². The lowest BCUT2D eigenvalue weighted by Gasteiger charge is -2.21. The van der Waals surface area contributed by atoms with E-state index in [-0.39, 0.29) is 13.0 Å². The van der Waals surface area contributed by atoms with Gasteiger partial charge in [0.1, 0.15) is 6.54 Å². The van der Waals surface area contributed by atoms with Crippen molar-refractivity contribution in [1.29, 1.82) is 0 Å². The van der Waals surface area contributed by atoms with Crippen LogP contribution in [0.25, 0.3) is 17.0 Å². The third-order valence-corrected chi connectivity index (χ3v) is 8.89. The zero-order valence-electron chi connectivity index (χ0n) is 21.4. The summed E-state index contributed by atoms with van der Waals surface area (Å²) in [5.74, 6) is -0.780. The van der Waals surface area contributed by atoms with Crippen molar-refractivity contribution in [2.75, 3.05) is 24.5 Å². The van der Waals surface area contributed by atoms with Crippen LogP contribution in [0.15, 0.2) is 70.7 Å². The van der Waals surface area contributed by atoms with Gasteiger partial charge in [0.25, 0.3) is 10.1 Å². The summed E-state index contributed by atoms with van der Waals surface area (Å²) < 4.78 is 33.6. The van der Waals surface area contributed by atoms with E-state index < -0.39 is 21.3 Å². The van der Waals surface area contributed by atoms with Crippen LogP contribution in [0.4, 0.5) is 5.69 Å². The predicted molar refractivity (Wildman–Crippen MR) is 152 cm³/mol. The van der Waals surface area contributed by atoms with Gasteiger partial charge in [0.05, 0.1) is 27.8 Å². The van der Waals surface area contributed by atoms with Crippen molar-refractivity contribution in [3.8, 4) is 0 Å². The molecule has 0 amide bonds. The Balaban J connectivity index is 1.49. The summed E-state index contributed by atoms with van der Waals surface area (Å²) in [4.78, 5) is 14.5. The smallest absolute Gasteiger partial charge is 0.303 e. The minimum atomic E-state index is -4.01. The summed E-state index contributed by atoms with van der Waals surface area (Å²) in [5, 5.41) is 13.6. The number of benzene rings is 2. The quantitative estimate of drug-likeness (QED) is 0.160. The Bertz CT molecular complexity index is 1430. The first-order chi connectivity index (χ1) is 18.2. The van der Waals surface area contributed by atoms with Gasteiger partial charge in [0.2, 0.25) is 5.52 Å². The van der Waals surface area contributed by atoms with Gasteiger partial charge in [-0.25, -0.2) is 0 Å². The van der Waals surface area contributed by atoms with Gasteiger partial charge in [-0.2, -0.15) is 13.0 Å². The fraction of sp³-hybridized carbons (Fsp3) is 0.357. The van der Waals surface area contributed by atoms with E-state index >= 15 is 0 Å². The maximum atomic E-state index is 11.2. The molecule has 0 saturated heterocycles. The molecule has 1 aromatic heterocycles. The Morgan fingerprint density at radius 3 is 2.66 bits per heavy atom. The molecule has 1 aliphatic rings. The third-order valence-electron chi connectivity index (χ3n) is 6.59. The van der Waals surface area contributed by atoms with Crippen LogP contribution in [0.5, 0.6) is 0 Å². The van der Waals surface area contributed by atoms with Crippen molar-refractivity contribution in [3.05, 3.63) is 71.4 Å². The number of nitrogens with zero attached hydrogens (tertiary/aromatic N) is 2. The van der Waals surface area contributed by atoms with Crippen LogP contribution < -0.4 is 14.8 Å². The number of aryl methyl sites for hydroxylation is 1. The fourth-order valence-electron chi connectivity index (χ4n) is 4.48. The number of rotatable bonds is 13. The van der Waals surface area contributed by atoms with Crippen molar-refractivity contribution in [3.63, 3.8) is 0 Å². The van der Waals surface area contributed by atoms with Crippen LogP contribution in [0.3, 0.4) is 0 Å². The molecule has 1 aliphatic heterocycles. The minimum absolute atomic E-state index is 0.145. The lowest BCUT2D eigenvalue weighted by molar-refractivity contribution is -0.671. The molecule has 0 spiro atoms. The summed E-state index contributed by atoms with van der Waals surface area (Å²) >= 11 is 1.75. The number of thioether (sulfide) groups is 1. The van der Waals surface area contributed by atoms with Gasteiger partial charge < -0.3 is 15.3 Å². The largest absolute Gasteiger partial charge is 0.481 e. The highest BCUT2D eigenvalue weighted by atomic mass is 32.2. The van der Waals surface area contributed by atoms with Crippen LogP contribution in [-0.2, 0) is 21.5 Å². The summed E-state index contributed by atoms with van der Waals surface area (Å²) in [5.41, 5.74) is 3.36. The molecule has 8 nitrogen and oxygen atoms in total. The van der Waals surface area contributed by atoms with Gasteiger partial charge in [-0.05, 0) is 56.1 Å². The number of carbonyl (C=O) groups is 1. The molecule has 0 aliphatic carbocycles. The molecule has 3 N–H and O–H groups in total. The summed E-state index contributed by atoms with van der Waals surface area (Å²) in [6, 6.07) is 18.7. The van der Waals surface area contributed by atoms with E-state index in [1.807, 2.05) is 30.5 Å². The van der Waals surface area contributed by atoms with Crippen molar-refractivity contribution in [1.82, 2.24) is 5.32 Å². The molecule has 2 aromatic carbocycles. The second-order valence-corrected chi connectivity index (χ2v) is 12.3. The average molecular weight is 557 g/mol. The van der Waals surface area contributed by atoms with Crippen LogP contribution in [0.2, 0.25) is 0 Å². The second kappa shape index (κ2) is 12.8. The van der Waals surface area contributed by atoms with Crippen LogP contribution in [0.1, 0.15) is 38.2 Å². The zero-order chi connectivity index (χ0) is 27.1. The number of aliphatic carboxylic acids is 1. The lowest BCUT2D eigenvalue weighted by atomic mass is 10.1. The Morgan fingerprint density at radius 2 is 1.87 bits per heavy atom. The van der Waals surface area contributed by atoms with Crippen molar-refractivity contribution in [2.24, 2.45) is 0 Å². The highest BCUT2D eigenvalue weighted by Gasteiger charge is 2.25. The van der Waals surface area contributed by atoms with E-state index in [4.69, 9.17) is 9.66 Å². The molecule has 2 heterocycles. The number of aromatic nitrogens is 1. The highest BCUT2D eigenvalue weighted by molar-refractivity contribution is 8.03. The van der Waals surface area contributed by atoms with E-state index in [1.54, 1.807) is 11.8 Å². The molecule has 0 radical (unpaired) electrons. The third kappa shape index (κ3) is 7.13. The van der Waals surface area contributed by atoms with E-state index in [9.17, 15) is 13.2 Å². The number of para-hydroxylation sites is 2. The Hall–Kier alpha value is -2.92. The van der Waals surface area contributed by atoms with Gasteiger partial charge in [0.15, 0.2) is 6.20 Å². The van der Waals surface area contributed by atoms with Crippen LogP contribution in [0, 0.1) is 0 Å². The number of carboxylic acid groups (broad SMARTS) is 1. The van der Waals surface area contributed by atoms with E-state index in [0.29, 0.717) is 19.5 Å². The fourth-order valence-corrected chi connectivity index (χ4v) is 5.95. The molecule has 38 heavy (non-hydrogen) atoms. The molecule has 4 rings (SSSR count). The first-order valence-electron chi connectivity index (χ1n) is 12.8. The number of pyridine rings is 1. The molecule has 0 bridgehead atoms. The first-order valence-corrected chi connectivity index (χ1v) is 15.1. The SMILES string of the molecule is CC(CNCCCCN1C(=Cc2cc[n+](CCCC(=O)O)c3ccccc23)Sc2ccccc21)S(=O)(=O)O. The number of carboxylic acids is 1. The summed E-state index contributed by atoms with van der Waals surface area (Å²) in [6.07, 6.45) is 6.77. The van der Waals surface area contributed by atoms with E-state index in [0.717, 1.165) is 40.9 Å². The van der Waals surface area contributed by atoms with Gasteiger partial charge in [0, 0.05) is 36.5 Å². The standard InChI is InChI=1S/C28H33N3O5S2/c1-21(38(34,35)36)20-29-15-6-7-17-31-25-11-4-5-12-26(25)37-27(31)19-22-14-18-30(16-8-13-28(32)33)24-10-3-2-9-23(22)24/h2-5,9-12,14,18-19,21,29H,6-8,13,15-17,20H2,1H3,(H-,32,33,34,35,36)/p+1. The molecule has 1 atom stereocenters. The molecular formula is C28H34N3O5S2+. The minimum Gasteiger partial charge on any atom is -0.481 e. The first kappa shape index (κ1) is 28.1. The number of hydrogen-bond donors (Lipinski definition) is 3. The van der Waals surface area contributed by atoms with Crippen molar-refractivity contribution >= 4 is 50.5 Å². The Kier molecular flexibility index (Phi) is 9.43. The molecule has 1 unspecified atom stereocenters. The van der Waals surface area contributed by atoms with E-state index in [1.165, 1.54) is 17.5 Å². The number of unbranched alkanes of at least 4 members (excludes halogenated alkanes) is 1. The molecule has 3 aromatic rings. The van der Waals surface area contributed by atoms with Crippen LogP contribution >= 0.6 is 11.8 Å². The predicted octanol–water partition coefficient (Wildman–Crippen LogP) is 4.55. The van der Waals surface area contributed by atoms with Crippen LogP contribution in [-0.4, -0.2) is 48.9 Å². The Labute approximate surface area is 228 Å². The number of hydrogen-bond acceptors (Lipinski definition) is 6. The normalized spacial score (nSPS) is 15.2. The average Bonchev–Trinajstić information content (AvgIpc) is 3.23. The molecule has 202 valence electrons. The van der Waals surface area contributed by atoms with Crippen molar-refractivity contribution in [2.45, 2.75) is 49.3 Å². The molecular weight excluding hydrogens is 522 g/mol. The maximum Gasteiger partial charge on any atom is 0.303 e. The molecule has 0 saturated carbocycles. The topological polar surface area (TPSA) is 111 Å². The van der Waals surface area contributed by atoms with Gasteiger partial charge >= 0.3 is 5.97 Å².